The molecule has 1 aliphatic carbocycles. The van der Waals surface area contributed by atoms with Crippen molar-refractivity contribution in [3.05, 3.63) is 35.9 Å². The Bertz CT molecular complexity index is 648. The highest BCUT2D eigenvalue weighted by atomic mass is 28.4. The largest absolute Gasteiger partial charge is 0.493 e. The summed E-state index contributed by atoms with van der Waals surface area (Å²) in [5.41, 5.74) is 0.645. The Morgan fingerprint density at radius 2 is 1.81 bits per heavy atom. The number of benzene rings is 1. The van der Waals surface area contributed by atoms with Crippen molar-refractivity contribution in [1.82, 2.24) is 0 Å². The molecule has 2 atom stereocenters. The summed E-state index contributed by atoms with van der Waals surface area (Å²) in [5.74, 6) is 1.38. The number of aliphatic hydroxyl groups is 1. The van der Waals surface area contributed by atoms with Crippen LogP contribution >= 0.6 is 0 Å². The molecule has 5 heteroatoms. The lowest BCUT2D eigenvalue weighted by atomic mass is 9.73. The molecule has 146 valence electrons. The fraction of sp³-hybridized carbons (Fsp3) is 0.619. The molecule has 1 aliphatic rings. The Kier molecular flexibility index (Phi) is 6.26. The molecule has 1 aromatic carbocycles. The van der Waals surface area contributed by atoms with Crippen molar-refractivity contribution in [2.24, 2.45) is 0 Å². The molecule has 1 aromatic rings. The van der Waals surface area contributed by atoms with Crippen molar-refractivity contribution in [3.63, 3.8) is 0 Å². The summed E-state index contributed by atoms with van der Waals surface area (Å²) in [7, 11) is 1.45. The maximum absolute atomic E-state index is 10.2. The zero-order valence-electron chi connectivity index (χ0n) is 17.3. The van der Waals surface area contributed by atoms with Gasteiger partial charge in [-0.05, 0) is 48.7 Å². The highest BCUT2D eigenvalue weighted by Crippen LogP contribution is 2.42. The van der Waals surface area contributed by atoms with Crippen molar-refractivity contribution in [3.8, 4) is 11.5 Å². The van der Waals surface area contributed by atoms with Crippen LogP contribution in [0.25, 0.3) is 0 Å². The molecule has 0 fully saturated rings. The number of ether oxygens (including phenoxy) is 2. The van der Waals surface area contributed by atoms with E-state index in [1.165, 1.54) is 0 Å². The first-order chi connectivity index (χ1) is 12.1. The first kappa shape index (κ1) is 21.0. The van der Waals surface area contributed by atoms with E-state index in [-0.39, 0.29) is 17.7 Å². The number of hydrogen-bond donors (Lipinski definition) is 1. The molecular weight excluding hydrogens is 344 g/mol. The van der Waals surface area contributed by atoms with Crippen LogP contribution in [0.3, 0.4) is 0 Å². The molecule has 0 bridgehead atoms. The van der Waals surface area contributed by atoms with Crippen LogP contribution in [0.5, 0.6) is 11.5 Å². The Morgan fingerprint density at radius 3 is 2.27 bits per heavy atom. The predicted octanol–water partition coefficient (Wildman–Crippen LogP) is 4.67. The molecule has 0 amide bonds. The van der Waals surface area contributed by atoms with Gasteiger partial charge >= 0.3 is 0 Å². The summed E-state index contributed by atoms with van der Waals surface area (Å²) in [6.07, 6.45) is 6.12. The van der Waals surface area contributed by atoms with Gasteiger partial charge in [-0.2, -0.15) is 0 Å². The standard InChI is InChI=1S/C21H34O4Si/c1-20(2,3)26(6,7)25-17-10-12-21(15-22,13-11-17)16-8-9-18(23-4)19(14-16)24-5/h8-10,12,14,17,22H,11,13,15H2,1-7H3/t17-,21-/m1/s1. The van der Waals surface area contributed by atoms with Gasteiger partial charge in [-0.15, -0.1) is 0 Å². The molecule has 4 nitrogen and oxygen atoms in total. The Hall–Kier alpha value is -1.30. The van der Waals surface area contributed by atoms with E-state index in [1.807, 2.05) is 18.2 Å². The fourth-order valence-corrected chi connectivity index (χ4v) is 4.44. The van der Waals surface area contributed by atoms with Gasteiger partial charge in [0, 0.05) is 5.41 Å². The summed E-state index contributed by atoms with van der Waals surface area (Å²) in [6, 6.07) is 5.88. The zero-order chi connectivity index (χ0) is 19.6. The first-order valence-electron chi connectivity index (χ1n) is 9.29. The molecule has 0 aliphatic heterocycles. The average molecular weight is 379 g/mol. The van der Waals surface area contributed by atoms with E-state index in [4.69, 9.17) is 13.9 Å². The van der Waals surface area contributed by atoms with E-state index in [0.717, 1.165) is 18.4 Å². The molecule has 26 heavy (non-hydrogen) atoms. The van der Waals surface area contributed by atoms with Gasteiger partial charge in [0.15, 0.2) is 19.8 Å². The highest BCUT2D eigenvalue weighted by molar-refractivity contribution is 6.74. The van der Waals surface area contributed by atoms with Gasteiger partial charge in [-0.1, -0.05) is 39.0 Å². The molecule has 0 saturated carbocycles. The molecule has 0 unspecified atom stereocenters. The number of rotatable bonds is 6. The molecule has 2 rings (SSSR count). The average Bonchev–Trinajstić information content (AvgIpc) is 2.60. The summed E-state index contributed by atoms with van der Waals surface area (Å²) in [4.78, 5) is 0. The third-order valence-corrected chi connectivity index (χ3v) is 10.5. The maximum atomic E-state index is 10.2. The third kappa shape index (κ3) is 4.16. The van der Waals surface area contributed by atoms with Crippen LogP contribution in [-0.2, 0) is 9.84 Å². The lowest BCUT2D eigenvalue weighted by Crippen LogP contribution is -2.45. The zero-order valence-corrected chi connectivity index (χ0v) is 18.3. The number of aliphatic hydroxyl groups excluding tert-OH is 1. The van der Waals surface area contributed by atoms with Crippen LogP contribution in [0.2, 0.25) is 18.1 Å². The van der Waals surface area contributed by atoms with E-state index < -0.39 is 13.7 Å². The second-order valence-electron chi connectivity index (χ2n) is 8.70. The Labute approximate surface area is 159 Å². The quantitative estimate of drug-likeness (QED) is 0.577. The molecular formula is C21H34O4Si. The van der Waals surface area contributed by atoms with Crippen molar-refractivity contribution < 1.29 is 19.0 Å². The summed E-state index contributed by atoms with van der Waals surface area (Å²) in [5, 5.41) is 10.4. The Balaban J connectivity index is 2.25. The number of hydrogen-bond acceptors (Lipinski definition) is 4. The van der Waals surface area contributed by atoms with E-state index in [0.29, 0.717) is 11.5 Å². The summed E-state index contributed by atoms with van der Waals surface area (Å²) in [6.45, 7) is 11.4. The maximum Gasteiger partial charge on any atom is 0.192 e. The Morgan fingerprint density at radius 1 is 1.15 bits per heavy atom. The minimum absolute atomic E-state index is 0.0613. The van der Waals surface area contributed by atoms with Crippen molar-refractivity contribution in [2.75, 3.05) is 20.8 Å². The van der Waals surface area contributed by atoms with Gasteiger partial charge in [0.05, 0.1) is 26.9 Å². The van der Waals surface area contributed by atoms with Crippen LogP contribution in [0.15, 0.2) is 30.4 Å². The predicted molar refractivity (Wildman–Crippen MR) is 109 cm³/mol. The minimum atomic E-state index is -1.81. The molecule has 0 aromatic heterocycles. The third-order valence-electron chi connectivity index (χ3n) is 6.00. The van der Waals surface area contributed by atoms with Gasteiger partial charge in [0.2, 0.25) is 0 Å². The molecule has 0 radical (unpaired) electrons. The second-order valence-corrected chi connectivity index (χ2v) is 13.5. The van der Waals surface area contributed by atoms with Crippen LogP contribution in [0, 0.1) is 0 Å². The van der Waals surface area contributed by atoms with Gasteiger partial charge in [0.1, 0.15) is 0 Å². The van der Waals surface area contributed by atoms with Crippen LogP contribution in [-0.4, -0.2) is 40.4 Å². The van der Waals surface area contributed by atoms with E-state index in [2.05, 4.69) is 46.0 Å². The van der Waals surface area contributed by atoms with Crippen molar-refractivity contribution >= 4 is 8.32 Å². The van der Waals surface area contributed by atoms with Crippen molar-refractivity contribution in [1.29, 1.82) is 0 Å². The lowest BCUT2D eigenvalue weighted by molar-refractivity contribution is 0.160. The van der Waals surface area contributed by atoms with Gasteiger partial charge in [-0.25, -0.2) is 0 Å². The molecule has 0 spiro atoms. The van der Waals surface area contributed by atoms with E-state index in [9.17, 15) is 5.11 Å². The van der Waals surface area contributed by atoms with Gasteiger partial charge < -0.3 is 19.0 Å². The van der Waals surface area contributed by atoms with Gasteiger partial charge in [0.25, 0.3) is 0 Å². The number of methoxy groups -OCH3 is 2. The van der Waals surface area contributed by atoms with Crippen molar-refractivity contribution in [2.45, 2.75) is 63.3 Å². The first-order valence-corrected chi connectivity index (χ1v) is 12.2. The SMILES string of the molecule is COc1ccc([C@]2(CO)C=C[C@@H](O[Si](C)(C)C(C)(C)C)CC2)cc1OC. The topological polar surface area (TPSA) is 47.9 Å². The minimum Gasteiger partial charge on any atom is -0.493 e. The molecule has 0 saturated heterocycles. The van der Waals surface area contributed by atoms with E-state index >= 15 is 0 Å². The lowest BCUT2D eigenvalue weighted by Gasteiger charge is -2.41. The van der Waals surface area contributed by atoms with E-state index in [1.54, 1.807) is 14.2 Å². The van der Waals surface area contributed by atoms with Crippen LogP contribution in [0.4, 0.5) is 0 Å². The normalized spacial score (nSPS) is 23.8. The smallest absolute Gasteiger partial charge is 0.192 e. The van der Waals surface area contributed by atoms with Crippen LogP contribution in [0.1, 0.15) is 39.2 Å². The molecule has 1 N–H and O–H groups in total. The fourth-order valence-electron chi connectivity index (χ4n) is 3.13. The second kappa shape index (κ2) is 7.75. The molecule has 0 heterocycles. The summed E-state index contributed by atoms with van der Waals surface area (Å²) >= 11 is 0. The highest BCUT2D eigenvalue weighted by Gasteiger charge is 2.41. The van der Waals surface area contributed by atoms with Crippen LogP contribution < -0.4 is 9.47 Å². The monoisotopic (exact) mass is 378 g/mol. The summed E-state index contributed by atoms with van der Waals surface area (Å²) < 4.78 is 17.3. The van der Waals surface area contributed by atoms with Gasteiger partial charge in [-0.3, -0.25) is 0 Å².